The number of nitrogens with zero attached hydrogens (tertiary/aromatic N) is 2. The molecule has 1 heterocycles. The predicted molar refractivity (Wildman–Crippen MR) is 54.4 cm³/mol. The van der Waals surface area contributed by atoms with E-state index in [1.807, 2.05) is 0 Å². The van der Waals surface area contributed by atoms with Gasteiger partial charge >= 0.3 is 6.18 Å². The fourth-order valence-electron chi connectivity index (χ4n) is 2.09. The van der Waals surface area contributed by atoms with E-state index in [1.54, 1.807) is 0 Å². The Balaban J connectivity index is 2.24. The summed E-state index contributed by atoms with van der Waals surface area (Å²) < 4.78 is 38.6. The van der Waals surface area contributed by atoms with E-state index in [-0.39, 0.29) is 11.2 Å². The molecular formula is C10H12ClF3N2. The molecule has 0 amide bonds. The second-order valence-corrected chi connectivity index (χ2v) is 4.47. The number of alkyl halides is 3. The molecule has 0 radical (unpaired) electrons. The summed E-state index contributed by atoms with van der Waals surface area (Å²) in [6.07, 6.45) is 0.507. The maximum Gasteiger partial charge on any atom is 0.435 e. The van der Waals surface area contributed by atoms with Gasteiger partial charge in [0.05, 0.1) is 6.04 Å². The van der Waals surface area contributed by atoms with Gasteiger partial charge in [-0.05, 0) is 12.8 Å². The van der Waals surface area contributed by atoms with E-state index in [1.165, 1.54) is 4.68 Å². The van der Waals surface area contributed by atoms with E-state index in [2.05, 4.69) is 5.10 Å². The quantitative estimate of drug-likeness (QED) is 0.737. The molecule has 1 fully saturated rings. The zero-order chi connectivity index (χ0) is 11.8. The molecule has 16 heavy (non-hydrogen) atoms. The summed E-state index contributed by atoms with van der Waals surface area (Å²) in [4.78, 5) is 0. The van der Waals surface area contributed by atoms with Crippen LogP contribution in [0.25, 0.3) is 0 Å². The monoisotopic (exact) mass is 252 g/mol. The van der Waals surface area contributed by atoms with Gasteiger partial charge in [0.15, 0.2) is 5.69 Å². The molecule has 1 saturated carbocycles. The molecule has 0 atom stereocenters. The van der Waals surface area contributed by atoms with Crippen molar-refractivity contribution < 1.29 is 13.2 Å². The SMILES string of the molecule is FC(F)(F)c1cc(Cl)n(C2CCCCC2)n1. The van der Waals surface area contributed by atoms with Gasteiger partial charge in [-0.1, -0.05) is 30.9 Å². The van der Waals surface area contributed by atoms with Crippen molar-refractivity contribution in [1.29, 1.82) is 0 Å². The van der Waals surface area contributed by atoms with Gasteiger partial charge in [-0.3, -0.25) is 4.68 Å². The number of hydrogen-bond acceptors (Lipinski definition) is 1. The van der Waals surface area contributed by atoms with E-state index >= 15 is 0 Å². The van der Waals surface area contributed by atoms with Crippen molar-refractivity contribution in [2.24, 2.45) is 0 Å². The highest BCUT2D eigenvalue weighted by Gasteiger charge is 2.35. The van der Waals surface area contributed by atoms with Crippen molar-refractivity contribution in [1.82, 2.24) is 9.78 Å². The smallest absolute Gasteiger partial charge is 0.250 e. The molecule has 1 aromatic heterocycles. The molecule has 0 saturated heterocycles. The zero-order valence-corrected chi connectivity index (χ0v) is 9.35. The molecule has 0 bridgehead atoms. The van der Waals surface area contributed by atoms with Crippen LogP contribution in [0.1, 0.15) is 43.8 Å². The van der Waals surface area contributed by atoms with E-state index in [9.17, 15) is 13.2 Å². The van der Waals surface area contributed by atoms with Crippen molar-refractivity contribution in [3.63, 3.8) is 0 Å². The number of rotatable bonds is 1. The first-order valence-electron chi connectivity index (χ1n) is 5.31. The van der Waals surface area contributed by atoms with E-state index in [0.29, 0.717) is 0 Å². The maximum atomic E-state index is 12.4. The minimum atomic E-state index is -4.41. The Bertz CT molecular complexity index is 367. The van der Waals surface area contributed by atoms with Crippen LogP contribution >= 0.6 is 11.6 Å². The molecule has 2 rings (SSSR count). The second-order valence-electron chi connectivity index (χ2n) is 4.09. The lowest BCUT2D eigenvalue weighted by Gasteiger charge is -2.22. The van der Waals surface area contributed by atoms with Gasteiger partial charge in [0.25, 0.3) is 0 Å². The lowest BCUT2D eigenvalue weighted by molar-refractivity contribution is -0.141. The summed E-state index contributed by atoms with van der Waals surface area (Å²) >= 11 is 5.78. The molecule has 0 aromatic carbocycles. The average molecular weight is 253 g/mol. The van der Waals surface area contributed by atoms with Gasteiger partial charge in [-0.15, -0.1) is 0 Å². The first-order chi connectivity index (χ1) is 7.48. The number of aromatic nitrogens is 2. The Morgan fingerprint density at radius 3 is 2.38 bits per heavy atom. The normalized spacial score (nSPS) is 19.0. The van der Waals surface area contributed by atoms with E-state index in [4.69, 9.17) is 11.6 Å². The van der Waals surface area contributed by atoms with Crippen LogP contribution in [0.15, 0.2) is 6.07 Å². The first-order valence-corrected chi connectivity index (χ1v) is 5.68. The molecule has 2 nitrogen and oxygen atoms in total. The Kier molecular flexibility index (Phi) is 3.15. The van der Waals surface area contributed by atoms with Gasteiger partial charge in [0, 0.05) is 6.07 Å². The third kappa shape index (κ3) is 2.34. The summed E-state index contributed by atoms with van der Waals surface area (Å²) in [5.74, 6) is 0. The van der Waals surface area contributed by atoms with Crippen LogP contribution in [0.2, 0.25) is 5.15 Å². The molecular weight excluding hydrogens is 241 g/mol. The van der Waals surface area contributed by atoms with Crippen molar-refractivity contribution in [3.8, 4) is 0 Å². The van der Waals surface area contributed by atoms with Crippen LogP contribution in [0.5, 0.6) is 0 Å². The molecule has 0 unspecified atom stereocenters. The zero-order valence-electron chi connectivity index (χ0n) is 8.60. The molecule has 1 aliphatic rings. The van der Waals surface area contributed by atoms with Crippen molar-refractivity contribution >= 4 is 11.6 Å². The lowest BCUT2D eigenvalue weighted by atomic mass is 9.96. The molecule has 1 aromatic rings. The standard InChI is InChI=1S/C10H12ClF3N2/c11-9-6-8(10(12,13)14)15-16(9)7-4-2-1-3-5-7/h6-7H,1-5H2. The molecule has 6 heteroatoms. The third-order valence-corrected chi connectivity index (χ3v) is 3.18. The average Bonchev–Trinajstić information content (AvgIpc) is 2.61. The van der Waals surface area contributed by atoms with Crippen molar-refractivity contribution in [2.45, 2.75) is 44.3 Å². The molecule has 90 valence electrons. The summed E-state index contributed by atoms with van der Waals surface area (Å²) in [6.45, 7) is 0. The van der Waals surface area contributed by atoms with E-state index < -0.39 is 11.9 Å². The van der Waals surface area contributed by atoms with Gasteiger partial charge in [0.1, 0.15) is 5.15 Å². The largest absolute Gasteiger partial charge is 0.435 e. The molecule has 0 spiro atoms. The summed E-state index contributed by atoms with van der Waals surface area (Å²) in [5.41, 5.74) is -0.900. The predicted octanol–water partition coefficient (Wildman–Crippen LogP) is 4.06. The number of halogens is 4. The van der Waals surface area contributed by atoms with Crippen LogP contribution in [0, 0.1) is 0 Å². The summed E-state index contributed by atoms with van der Waals surface area (Å²) in [5, 5.41) is 3.65. The fraction of sp³-hybridized carbons (Fsp3) is 0.700. The van der Waals surface area contributed by atoms with Crippen LogP contribution in [-0.4, -0.2) is 9.78 Å². The molecule has 1 aliphatic carbocycles. The Hall–Kier alpha value is -0.710. The topological polar surface area (TPSA) is 17.8 Å². The highest BCUT2D eigenvalue weighted by atomic mass is 35.5. The van der Waals surface area contributed by atoms with Crippen molar-refractivity contribution in [3.05, 3.63) is 16.9 Å². The Labute approximate surface area is 96.4 Å². The second kappa shape index (κ2) is 4.28. The summed E-state index contributed by atoms with van der Waals surface area (Å²) in [6, 6.07) is 0.924. The Morgan fingerprint density at radius 1 is 1.25 bits per heavy atom. The maximum absolute atomic E-state index is 12.4. The van der Waals surface area contributed by atoms with Gasteiger partial charge in [0.2, 0.25) is 0 Å². The van der Waals surface area contributed by atoms with Crippen LogP contribution in [0.4, 0.5) is 13.2 Å². The van der Waals surface area contributed by atoms with E-state index in [0.717, 1.165) is 38.2 Å². The summed E-state index contributed by atoms with van der Waals surface area (Å²) in [7, 11) is 0. The fourth-order valence-corrected chi connectivity index (χ4v) is 2.37. The van der Waals surface area contributed by atoms with Gasteiger partial charge < -0.3 is 0 Å². The van der Waals surface area contributed by atoms with Crippen LogP contribution < -0.4 is 0 Å². The lowest BCUT2D eigenvalue weighted by Crippen LogP contribution is -2.15. The number of hydrogen-bond donors (Lipinski definition) is 0. The van der Waals surface area contributed by atoms with Crippen LogP contribution in [-0.2, 0) is 6.18 Å². The molecule has 0 aliphatic heterocycles. The van der Waals surface area contributed by atoms with Crippen LogP contribution in [0.3, 0.4) is 0 Å². The highest BCUT2D eigenvalue weighted by Crippen LogP contribution is 2.34. The van der Waals surface area contributed by atoms with Crippen molar-refractivity contribution in [2.75, 3.05) is 0 Å². The first kappa shape index (κ1) is 11.8. The molecule has 0 N–H and O–H groups in total. The minimum absolute atomic E-state index is 0.0253. The third-order valence-electron chi connectivity index (χ3n) is 2.90. The highest BCUT2D eigenvalue weighted by molar-refractivity contribution is 6.29. The minimum Gasteiger partial charge on any atom is -0.250 e. The Morgan fingerprint density at radius 2 is 1.88 bits per heavy atom. The van der Waals surface area contributed by atoms with Gasteiger partial charge in [-0.2, -0.15) is 18.3 Å². The van der Waals surface area contributed by atoms with Gasteiger partial charge in [-0.25, -0.2) is 0 Å².